The van der Waals surface area contributed by atoms with Crippen molar-refractivity contribution in [2.75, 3.05) is 6.54 Å². The maximum Gasteiger partial charge on any atom is 0.227 e. The van der Waals surface area contributed by atoms with E-state index in [4.69, 9.17) is 0 Å². The van der Waals surface area contributed by atoms with Gasteiger partial charge in [0.2, 0.25) is 5.91 Å². The molecule has 0 saturated heterocycles. The molecule has 0 aliphatic rings. The van der Waals surface area contributed by atoms with E-state index in [1.54, 1.807) is 6.08 Å². The maximum absolute atomic E-state index is 14.3. The van der Waals surface area contributed by atoms with Crippen molar-refractivity contribution in [1.82, 2.24) is 4.90 Å². The largest absolute Gasteiger partial charge is 0.331 e. The average molecular weight is 309 g/mol. The molecule has 0 unspecified atom stereocenters. The van der Waals surface area contributed by atoms with E-state index in [1.165, 1.54) is 11.0 Å². The van der Waals surface area contributed by atoms with Gasteiger partial charge in [0.05, 0.1) is 6.54 Å². The van der Waals surface area contributed by atoms with Gasteiger partial charge in [-0.3, -0.25) is 4.79 Å². The Bertz CT molecular complexity index is 665. The Morgan fingerprint density at radius 3 is 2.26 bits per heavy atom. The summed E-state index contributed by atoms with van der Waals surface area (Å²) in [5.74, 6) is -0.481. The van der Waals surface area contributed by atoms with E-state index in [0.29, 0.717) is 6.54 Å². The molecule has 3 heteroatoms. The zero-order valence-electron chi connectivity index (χ0n) is 13.0. The van der Waals surface area contributed by atoms with Crippen LogP contribution in [-0.2, 0) is 11.3 Å². The summed E-state index contributed by atoms with van der Waals surface area (Å²) in [6.45, 7) is 3.91. The van der Waals surface area contributed by atoms with Gasteiger partial charge in [-0.2, -0.15) is 0 Å². The molecule has 0 saturated carbocycles. The van der Waals surface area contributed by atoms with Gasteiger partial charge < -0.3 is 4.90 Å². The van der Waals surface area contributed by atoms with Crippen molar-refractivity contribution in [3.63, 3.8) is 0 Å². The lowest BCUT2D eigenvalue weighted by atomic mass is 10.2. The first-order valence-corrected chi connectivity index (χ1v) is 7.53. The standard InChI is InChI=1S/C20H20FNO/c1-2-9-20(23)22(15-18-12-7-4-8-13-18)16-19(21)14-17-10-5-3-6-11-17/h2-8,10-14H,1,9,15-16H2/b19-14-. The zero-order chi connectivity index (χ0) is 16.5. The molecule has 0 atom stereocenters. The molecule has 0 aliphatic carbocycles. The molecule has 0 aromatic heterocycles. The van der Waals surface area contributed by atoms with Crippen LogP contribution in [0.4, 0.5) is 4.39 Å². The quantitative estimate of drug-likeness (QED) is 0.684. The smallest absolute Gasteiger partial charge is 0.227 e. The molecule has 0 aliphatic heterocycles. The third-order valence-corrected chi connectivity index (χ3v) is 3.35. The second-order valence-corrected chi connectivity index (χ2v) is 5.23. The molecule has 23 heavy (non-hydrogen) atoms. The van der Waals surface area contributed by atoms with E-state index < -0.39 is 0 Å². The summed E-state index contributed by atoms with van der Waals surface area (Å²) >= 11 is 0. The van der Waals surface area contributed by atoms with Crippen LogP contribution in [0.2, 0.25) is 0 Å². The first kappa shape index (κ1) is 16.7. The molecule has 2 nitrogen and oxygen atoms in total. The molecule has 0 fully saturated rings. The van der Waals surface area contributed by atoms with Crippen LogP contribution in [-0.4, -0.2) is 17.4 Å². The minimum absolute atomic E-state index is 0.0452. The summed E-state index contributed by atoms with van der Waals surface area (Å²) in [6.07, 6.45) is 3.20. The number of hydrogen-bond acceptors (Lipinski definition) is 1. The number of benzene rings is 2. The van der Waals surface area contributed by atoms with Crippen LogP contribution in [0.1, 0.15) is 17.5 Å². The fraction of sp³-hybridized carbons (Fsp3) is 0.150. The van der Waals surface area contributed by atoms with Crippen LogP contribution in [0.3, 0.4) is 0 Å². The van der Waals surface area contributed by atoms with Gasteiger partial charge >= 0.3 is 0 Å². The van der Waals surface area contributed by atoms with Crippen molar-refractivity contribution >= 4 is 12.0 Å². The van der Waals surface area contributed by atoms with E-state index in [0.717, 1.165) is 11.1 Å². The lowest BCUT2D eigenvalue weighted by molar-refractivity contribution is -0.130. The van der Waals surface area contributed by atoms with Crippen LogP contribution in [0.25, 0.3) is 6.08 Å². The van der Waals surface area contributed by atoms with E-state index >= 15 is 0 Å². The molecular formula is C20H20FNO. The molecule has 0 bridgehead atoms. The van der Waals surface area contributed by atoms with Crippen molar-refractivity contribution in [2.45, 2.75) is 13.0 Å². The van der Waals surface area contributed by atoms with Gasteiger partial charge in [0.15, 0.2) is 0 Å². The lowest BCUT2D eigenvalue weighted by Crippen LogP contribution is -2.31. The van der Waals surface area contributed by atoms with Crippen molar-refractivity contribution < 1.29 is 9.18 Å². The minimum Gasteiger partial charge on any atom is -0.331 e. The third-order valence-electron chi connectivity index (χ3n) is 3.35. The Morgan fingerprint density at radius 2 is 1.65 bits per heavy atom. The van der Waals surface area contributed by atoms with Crippen LogP contribution in [0.5, 0.6) is 0 Å². The highest BCUT2D eigenvalue weighted by Crippen LogP contribution is 2.13. The monoisotopic (exact) mass is 309 g/mol. The number of halogens is 1. The number of nitrogens with zero attached hydrogens (tertiary/aromatic N) is 1. The topological polar surface area (TPSA) is 20.3 Å². The molecule has 1 amide bonds. The van der Waals surface area contributed by atoms with Crippen LogP contribution in [0.15, 0.2) is 79.1 Å². The van der Waals surface area contributed by atoms with Crippen LogP contribution < -0.4 is 0 Å². The molecule has 0 radical (unpaired) electrons. The van der Waals surface area contributed by atoms with E-state index in [1.807, 2.05) is 60.7 Å². The molecule has 2 aromatic rings. The number of carbonyl (C=O) groups is 1. The van der Waals surface area contributed by atoms with Gasteiger partial charge in [-0.1, -0.05) is 66.7 Å². The predicted molar refractivity (Wildman–Crippen MR) is 92.2 cm³/mol. The summed E-state index contributed by atoms with van der Waals surface area (Å²) in [5.41, 5.74) is 1.75. The van der Waals surface area contributed by atoms with Crippen molar-refractivity contribution in [3.05, 3.63) is 90.3 Å². The molecule has 118 valence electrons. The predicted octanol–water partition coefficient (Wildman–Crippen LogP) is 4.60. The highest BCUT2D eigenvalue weighted by Gasteiger charge is 2.14. The van der Waals surface area contributed by atoms with Crippen molar-refractivity contribution in [2.24, 2.45) is 0 Å². The van der Waals surface area contributed by atoms with Gasteiger partial charge in [0.1, 0.15) is 5.83 Å². The normalized spacial score (nSPS) is 11.1. The molecule has 2 rings (SSSR count). The third kappa shape index (κ3) is 5.55. The first-order valence-electron chi connectivity index (χ1n) is 7.53. The van der Waals surface area contributed by atoms with Crippen molar-refractivity contribution in [3.8, 4) is 0 Å². The Labute approximate surface area is 136 Å². The number of amides is 1. The highest BCUT2D eigenvalue weighted by molar-refractivity contribution is 5.78. The number of hydrogen-bond donors (Lipinski definition) is 0. The van der Waals surface area contributed by atoms with Gasteiger partial charge in [-0.15, -0.1) is 6.58 Å². The second kappa shape index (κ2) is 8.69. The number of rotatable bonds is 7. The first-order chi connectivity index (χ1) is 11.2. The van der Waals surface area contributed by atoms with E-state index in [-0.39, 0.29) is 24.7 Å². The average Bonchev–Trinajstić information content (AvgIpc) is 2.56. The SMILES string of the molecule is C=CCC(=O)N(C/C(F)=C/c1ccccc1)Cc1ccccc1. The minimum atomic E-state index is -0.343. The fourth-order valence-corrected chi connectivity index (χ4v) is 2.25. The number of carbonyl (C=O) groups excluding carboxylic acids is 1. The second-order valence-electron chi connectivity index (χ2n) is 5.23. The fourth-order valence-electron chi connectivity index (χ4n) is 2.25. The van der Waals surface area contributed by atoms with Gasteiger partial charge in [-0.05, 0) is 17.2 Å². The Hall–Kier alpha value is -2.68. The van der Waals surface area contributed by atoms with Crippen molar-refractivity contribution in [1.29, 1.82) is 0 Å². The molecule has 2 aromatic carbocycles. The van der Waals surface area contributed by atoms with Gasteiger partial charge in [0.25, 0.3) is 0 Å². The van der Waals surface area contributed by atoms with Gasteiger partial charge in [-0.25, -0.2) is 4.39 Å². The molecule has 0 heterocycles. The van der Waals surface area contributed by atoms with E-state index in [2.05, 4.69) is 6.58 Å². The summed E-state index contributed by atoms with van der Waals surface area (Å²) in [6, 6.07) is 18.8. The Kier molecular flexibility index (Phi) is 6.30. The summed E-state index contributed by atoms with van der Waals surface area (Å²) in [4.78, 5) is 13.7. The molecule has 0 spiro atoms. The van der Waals surface area contributed by atoms with E-state index in [9.17, 15) is 9.18 Å². The zero-order valence-corrected chi connectivity index (χ0v) is 13.0. The van der Waals surface area contributed by atoms with Gasteiger partial charge in [0, 0.05) is 13.0 Å². The maximum atomic E-state index is 14.3. The summed E-state index contributed by atoms with van der Waals surface area (Å²) in [7, 11) is 0. The molecule has 0 N–H and O–H groups in total. The highest BCUT2D eigenvalue weighted by atomic mass is 19.1. The van der Waals surface area contributed by atoms with Crippen LogP contribution >= 0.6 is 0 Å². The van der Waals surface area contributed by atoms with Crippen LogP contribution in [0, 0.1) is 0 Å². The Balaban J connectivity index is 2.12. The lowest BCUT2D eigenvalue weighted by Gasteiger charge is -2.21. The summed E-state index contributed by atoms with van der Waals surface area (Å²) in [5, 5.41) is 0. The summed E-state index contributed by atoms with van der Waals surface area (Å²) < 4.78 is 14.3. The Morgan fingerprint density at radius 1 is 1.04 bits per heavy atom. The molecular weight excluding hydrogens is 289 g/mol.